The molecule has 1 atom stereocenters. The molecule has 0 fully saturated rings. The van der Waals surface area contributed by atoms with Crippen molar-refractivity contribution in [2.24, 2.45) is 11.3 Å². The Bertz CT molecular complexity index is 373. The minimum absolute atomic E-state index is 0.0293. The second-order valence-corrected chi connectivity index (χ2v) is 6.54. The van der Waals surface area contributed by atoms with Gasteiger partial charge >= 0.3 is 0 Å². The van der Waals surface area contributed by atoms with Crippen molar-refractivity contribution in [1.82, 2.24) is 5.32 Å². The summed E-state index contributed by atoms with van der Waals surface area (Å²) in [6.45, 7) is 16.6. The minimum Gasteiger partial charge on any atom is -0.508 e. The molecule has 1 unspecified atom stereocenters. The van der Waals surface area contributed by atoms with E-state index in [9.17, 15) is 10.2 Å². The lowest BCUT2D eigenvalue weighted by Crippen LogP contribution is -2.44. The molecule has 0 heterocycles. The van der Waals surface area contributed by atoms with Gasteiger partial charge in [-0.05, 0) is 23.8 Å². The number of hydrogen-bond acceptors (Lipinski definition) is 3. The summed E-state index contributed by atoms with van der Waals surface area (Å²) in [4.78, 5) is 0. The van der Waals surface area contributed by atoms with Gasteiger partial charge in [-0.1, -0.05) is 53.3 Å². The van der Waals surface area contributed by atoms with Crippen molar-refractivity contribution in [1.29, 1.82) is 0 Å². The molecule has 0 saturated carbocycles. The summed E-state index contributed by atoms with van der Waals surface area (Å²) in [7, 11) is 0. The van der Waals surface area contributed by atoms with Gasteiger partial charge in [-0.2, -0.15) is 0 Å². The lowest BCUT2D eigenvalue weighted by molar-refractivity contribution is 0.161. The molecule has 0 aromatic rings. The van der Waals surface area contributed by atoms with Crippen LogP contribution in [-0.2, 0) is 0 Å². The van der Waals surface area contributed by atoms with Crippen LogP contribution in [0.5, 0.6) is 0 Å². The zero-order valence-corrected chi connectivity index (χ0v) is 13.8. The van der Waals surface area contributed by atoms with Crippen molar-refractivity contribution >= 4 is 0 Å². The molecule has 0 aromatic heterocycles. The first-order valence-corrected chi connectivity index (χ1v) is 7.22. The van der Waals surface area contributed by atoms with Crippen molar-refractivity contribution in [3.05, 3.63) is 35.6 Å². The van der Waals surface area contributed by atoms with E-state index in [1.165, 1.54) is 0 Å². The minimum atomic E-state index is -0.0435. The fraction of sp³-hybridized carbons (Fsp3) is 0.647. The monoisotopic (exact) mass is 281 g/mol. The molecule has 0 saturated heterocycles. The van der Waals surface area contributed by atoms with Crippen LogP contribution in [0, 0.1) is 11.3 Å². The Morgan fingerprint density at radius 1 is 1.30 bits per heavy atom. The van der Waals surface area contributed by atoms with Crippen molar-refractivity contribution in [3.8, 4) is 0 Å². The van der Waals surface area contributed by atoms with E-state index in [2.05, 4.69) is 46.5 Å². The molecule has 0 amide bonds. The quantitative estimate of drug-likeness (QED) is 0.494. The maximum Gasteiger partial charge on any atom is 0.112 e. The van der Waals surface area contributed by atoms with Gasteiger partial charge in [-0.25, -0.2) is 0 Å². The number of aliphatic hydroxyl groups excluding tert-OH is 2. The van der Waals surface area contributed by atoms with Gasteiger partial charge in [0.05, 0.1) is 6.61 Å². The molecule has 0 rings (SSSR count). The molecular weight excluding hydrogens is 250 g/mol. The number of rotatable bonds is 7. The molecule has 3 nitrogen and oxygen atoms in total. The normalized spacial score (nSPS) is 15.6. The molecule has 3 N–H and O–H groups in total. The molecule has 0 spiro atoms. The Labute approximate surface area is 124 Å². The molecule has 0 bridgehead atoms. The summed E-state index contributed by atoms with van der Waals surface area (Å²) >= 11 is 0. The van der Waals surface area contributed by atoms with E-state index in [1.54, 1.807) is 0 Å². The van der Waals surface area contributed by atoms with E-state index in [0.717, 1.165) is 11.1 Å². The van der Waals surface area contributed by atoms with E-state index in [4.69, 9.17) is 0 Å². The van der Waals surface area contributed by atoms with Crippen molar-refractivity contribution in [2.45, 2.75) is 47.6 Å². The first kappa shape index (κ1) is 18.9. The van der Waals surface area contributed by atoms with E-state index >= 15 is 0 Å². The third-order valence-corrected chi connectivity index (χ3v) is 3.48. The molecule has 0 aromatic carbocycles. The molecule has 0 aliphatic heterocycles. The number of hydrogen-bond donors (Lipinski definition) is 3. The van der Waals surface area contributed by atoms with Crippen LogP contribution in [0.1, 0.15) is 41.5 Å². The fourth-order valence-electron chi connectivity index (χ4n) is 1.90. The lowest BCUT2D eigenvalue weighted by atomic mass is 9.87. The van der Waals surface area contributed by atoms with Gasteiger partial charge in [0.25, 0.3) is 0 Å². The van der Waals surface area contributed by atoms with E-state index in [0.29, 0.717) is 12.5 Å². The fourth-order valence-corrected chi connectivity index (χ4v) is 1.90. The first-order valence-electron chi connectivity index (χ1n) is 7.22. The van der Waals surface area contributed by atoms with E-state index in [1.807, 2.05) is 19.1 Å². The van der Waals surface area contributed by atoms with E-state index < -0.39 is 0 Å². The van der Waals surface area contributed by atoms with Crippen LogP contribution in [-0.4, -0.2) is 29.4 Å². The summed E-state index contributed by atoms with van der Waals surface area (Å²) in [6.07, 6.45) is 4.01. The number of aliphatic hydroxyl groups is 2. The SMILES string of the molecule is C=C(O)/C(=C\C(=C/C)C(C)C)CNC(CO)C(C)(C)C. The Morgan fingerprint density at radius 2 is 1.85 bits per heavy atom. The summed E-state index contributed by atoms with van der Waals surface area (Å²) in [5, 5.41) is 22.5. The maximum absolute atomic E-state index is 9.73. The molecule has 0 radical (unpaired) electrons. The number of allylic oxidation sites excluding steroid dienone is 3. The molecule has 3 heteroatoms. The molecule has 0 aliphatic carbocycles. The van der Waals surface area contributed by atoms with Gasteiger partial charge in [0.15, 0.2) is 0 Å². The second kappa shape index (κ2) is 8.28. The summed E-state index contributed by atoms with van der Waals surface area (Å²) in [6, 6.07) is -0.0293. The predicted octanol–water partition coefficient (Wildman–Crippen LogP) is 3.58. The molecule has 116 valence electrons. The van der Waals surface area contributed by atoms with Crippen LogP contribution in [0.4, 0.5) is 0 Å². The largest absolute Gasteiger partial charge is 0.508 e. The molecular formula is C17H31NO2. The van der Waals surface area contributed by atoms with Crippen molar-refractivity contribution in [3.63, 3.8) is 0 Å². The van der Waals surface area contributed by atoms with Gasteiger partial charge in [0, 0.05) is 18.2 Å². The lowest BCUT2D eigenvalue weighted by Gasteiger charge is -2.30. The third-order valence-electron chi connectivity index (χ3n) is 3.48. The Hall–Kier alpha value is -1.06. The first-order chi connectivity index (χ1) is 9.13. The van der Waals surface area contributed by atoms with Crippen molar-refractivity contribution in [2.75, 3.05) is 13.2 Å². The molecule has 0 aliphatic rings. The maximum atomic E-state index is 9.73. The highest BCUT2D eigenvalue weighted by atomic mass is 16.3. The summed E-state index contributed by atoms with van der Waals surface area (Å²) in [5.41, 5.74) is 1.88. The third kappa shape index (κ3) is 6.40. The molecule has 20 heavy (non-hydrogen) atoms. The van der Waals surface area contributed by atoms with Crippen LogP contribution in [0.2, 0.25) is 0 Å². The summed E-state index contributed by atoms with van der Waals surface area (Å²) in [5.74, 6) is 0.466. The Kier molecular flexibility index (Phi) is 7.84. The van der Waals surface area contributed by atoms with Gasteiger partial charge in [0.2, 0.25) is 0 Å². The summed E-state index contributed by atoms with van der Waals surface area (Å²) < 4.78 is 0. The smallest absolute Gasteiger partial charge is 0.112 e. The van der Waals surface area contributed by atoms with Gasteiger partial charge < -0.3 is 15.5 Å². The van der Waals surface area contributed by atoms with Crippen LogP contribution in [0.25, 0.3) is 0 Å². The number of nitrogens with one attached hydrogen (secondary N) is 1. The highest BCUT2D eigenvalue weighted by Crippen LogP contribution is 2.20. The zero-order chi connectivity index (χ0) is 15.9. The topological polar surface area (TPSA) is 52.5 Å². The van der Waals surface area contributed by atoms with Crippen LogP contribution in [0.15, 0.2) is 35.6 Å². The van der Waals surface area contributed by atoms with Crippen LogP contribution >= 0.6 is 0 Å². The van der Waals surface area contributed by atoms with Gasteiger partial charge in [0.1, 0.15) is 5.76 Å². The Morgan fingerprint density at radius 3 is 2.15 bits per heavy atom. The van der Waals surface area contributed by atoms with Gasteiger partial charge in [-0.15, -0.1) is 0 Å². The Balaban J connectivity index is 4.98. The van der Waals surface area contributed by atoms with E-state index in [-0.39, 0.29) is 23.8 Å². The van der Waals surface area contributed by atoms with Crippen LogP contribution in [0.3, 0.4) is 0 Å². The second-order valence-electron chi connectivity index (χ2n) is 6.54. The van der Waals surface area contributed by atoms with Gasteiger partial charge in [-0.3, -0.25) is 0 Å². The highest BCUT2D eigenvalue weighted by Gasteiger charge is 2.23. The zero-order valence-electron chi connectivity index (χ0n) is 13.8. The van der Waals surface area contributed by atoms with Crippen LogP contribution < -0.4 is 5.32 Å². The highest BCUT2D eigenvalue weighted by molar-refractivity contribution is 5.34. The predicted molar refractivity (Wildman–Crippen MR) is 86.8 cm³/mol. The standard InChI is InChI=1S/C17H31NO2/c1-8-14(12(2)3)9-15(13(4)20)10-18-16(11-19)17(5,6)7/h8-9,12,16,18-20H,4,10-11H2,1-3,5-7H3/b14-8+,15-9-. The average molecular weight is 281 g/mol. The average Bonchev–Trinajstić information content (AvgIpc) is 2.31. The van der Waals surface area contributed by atoms with Crippen molar-refractivity contribution < 1.29 is 10.2 Å².